The molecule has 0 amide bonds. The molecule has 0 saturated heterocycles. The molecule has 0 bridgehead atoms. The third kappa shape index (κ3) is 2.72. The van der Waals surface area contributed by atoms with Crippen LogP contribution in [0, 0.1) is 4.77 Å². The molecule has 0 aliphatic heterocycles. The number of aromatic nitrogens is 3. The number of alkyl halides is 3. The number of H-pyrrole nitrogens is 2. The van der Waals surface area contributed by atoms with E-state index in [2.05, 4.69) is 22.4 Å². The van der Waals surface area contributed by atoms with Gasteiger partial charge in [0.05, 0.1) is 6.42 Å². The first kappa shape index (κ1) is 10.0. The highest BCUT2D eigenvalue weighted by Crippen LogP contribution is 2.19. The van der Waals surface area contributed by atoms with Crippen LogP contribution in [0.5, 0.6) is 0 Å². The highest BCUT2D eigenvalue weighted by Gasteiger charge is 2.27. The van der Waals surface area contributed by atoms with E-state index < -0.39 is 24.8 Å². The predicted octanol–water partition coefficient (Wildman–Crippen LogP) is 1.19. The van der Waals surface area contributed by atoms with Crippen LogP contribution >= 0.6 is 12.2 Å². The molecule has 0 fully saturated rings. The zero-order valence-corrected chi connectivity index (χ0v) is 7.13. The van der Waals surface area contributed by atoms with Crippen molar-refractivity contribution in [2.75, 3.05) is 0 Å². The fourth-order valence-electron chi connectivity index (χ4n) is 0.776. The van der Waals surface area contributed by atoms with Gasteiger partial charge in [0, 0.05) is 6.54 Å². The zero-order valence-electron chi connectivity index (χ0n) is 6.31. The van der Waals surface area contributed by atoms with Crippen molar-refractivity contribution in [2.45, 2.75) is 19.1 Å². The van der Waals surface area contributed by atoms with Gasteiger partial charge in [-0.15, -0.1) is 0 Å². The standard InChI is InChI=1S/C5H6F3N3OS/c6-5(7,8)1-2-11-3(12)9-10-4(11)13/h1-2H2,(H,9,12)(H,10,13). The van der Waals surface area contributed by atoms with Crippen LogP contribution in [0.2, 0.25) is 0 Å². The second-order valence-corrected chi connectivity index (χ2v) is 2.76. The van der Waals surface area contributed by atoms with Gasteiger partial charge in [0.2, 0.25) is 0 Å². The maximum atomic E-state index is 11.7. The van der Waals surface area contributed by atoms with E-state index >= 15 is 0 Å². The van der Waals surface area contributed by atoms with Crippen LogP contribution in [-0.4, -0.2) is 20.9 Å². The average Bonchev–Trinajstić information content (AvgIpc) is 2.27. The van der Waals surface area contributed by atoms with Gasteiger partial charge in [-0.25, -0.2) is 9.89 Å². The summed E-state index contributed by atoms with van der Waals surface area (Å²) in [5, 5.41) is 4.33. The first-order chi connectivity index (χ1) is 5.90. The second kappa shape index (κ2) is 3.36. The molecule has 0 atom stereocenters. The molecule has 1 aromatic heterocycles. The molecule has 1 aromatic rings. The predicted molar refractivity (Wildman–Crippen MR) is 40.9 cm³/mol. The molecular formula is C5H6F3N3OS. The van der Waals surface area contributed by atoms with Crippen LogP contribution in [0.4, 0.5) is 13.2 Å². The Morgan fingerprint density at radius 3 is 2.38 bits per heavy atom. The Bertz CT molecular complexity index is 359. The monoisotopic (exact) mass is 213 g/mol. The lowest BCUT2D eigenvalue weighted by molar-refractivity contribution is -0.136. The van der Waals surface area contributed by atoms with E-state index in [-0.39, 0.29) is 4.77 Å². The molecule has 8 heteroatoms. The maximum Gasteiger partial charge on any atom is 0.390 e. The fourth-order valence-corrected chi connectivity index (χ4v) is 1.00. The molecule has 74 valence electrons. The van der Waals surface area contributed by atoms with E-state index in [0.717, 1.165) is 4.57 Å². The first-order valence-corrected chi connectivity index (χ1v) is 3.75. The van der Waals surface area contributed by atoms with Gasteiger partial charge < -0.3 is 0 Å². The summed E-state index contributed by atoms with van der Waals surface area (Å²) >= 11 is 4.57. The lowest BCUT2D eigenvalue weighted by atomic mass is 10.4. The number of hydrogen-bond acceptors (Lipinski definition) is 2. The number of nitrogens with one attached hydrogen (secondary N) is 2. The van der Waals surface area contributed by atoms with Crippen LogP contribution < -0.4 is 5.69 Å². The van der Waals surface area contributed by atoms with Crippen LogP contribution in [0.1, 0.15) is 6.42 Å². The average molecular weight is 213 g/mol. The summed E-state index contributed by atoms with van der Waals surface area (Å²) in [6, 6.07) is 0. The fraction of sp³-hybridized carbons (Fsp3) is 0.600. The second-order valence-electron chi connectivity index (χ2n) is 2.38. The summed E-state index contributed by atoms with van der Waals surface area (Å²) in [6.07, 6.45) is -5.35. The Hall–Kier alpha value is -1.05. The van der Waals surface area contributed by atoms with Crippen LogP contribution in [0.3, 0.4) is 0 Å². The van der Waals surface area contributed by atoms with Crippen molar-refractivity contribution in [1.29, 1.82) is 0 Å². The third-order valence-corrected chi connectivity index (χ3v) is 1.71. The molecule has 0 aromatic carbocycles. The Balaban J connectivity index is 2.76. The molecule has 0 unspecified atom stereocenters. The largest absolute Gasteiger partial charge is 0.390 e. The smallest absolute Gasteiger partial charge is 0.272 e. The number of halogens is 3. The SMILES string of the molecule is O=c1[nH][nH]c(=S)n1CCC(F)(F)F. The van der Waals surface area contributed by atoms with Gasteiger partial charge in [0.1, 0.15) is 0 Å². The van der Waals surface area contributed by atoms with Crippen molar-refractivity contribution in [3.8, 4) is 0 Å². The minimum Gasteiger partial charge on any atom is -0.272 e. The number of rotatable bonds is 2. The Kier molecular flexibility index (Phi) is 2.60. The van der Waals surface area contributed by atoms with Crippen molar-refractivity contribution in [2.24, 2.45) is 0 Å². The number of nitrogens with zero attached hydrogens (tertiary/aromatic N) is 1. The van der Waals surface area contributed by atoms with Crippen molar-refractivity contribution in [1.82, 2.24) is 14.8 Å². The Labute approximate surface area is 75.4 Å². The van der Waals surface area contributed by atoms with Gasteiger partial charge >= 0.3 is 11.9 Å². The normalized spacial score (nSPS) is 11.9. The van der Waals surface area contributed by atoms with Gasteiger partial charge in [-0.2, -0.15) is 13.2 Å². The maximum absolute atomic E-state index is 11.7. The number of hydrogen-bond donors (Lipinski definition) is 2. The summed E-state index contributed by atoms with van der Waals surface area (Å²) in [5.41, 5.74) is -0.658. The van der Waals surface area contributed by atoms with E-state index in [0.29, 0.717) is 0 Å². The van der Waals surface area contributed by atoms with Crippen LogP contribution in [0.15, 0.2) is 4.79 Å². The van der Waals surface area contributed by atoms with Crippen molar-refractivity contribution >= 4 is 12.2 Å². The minimum absolute atomic E-state index is 0.0331. The number of aromatic amines is 2. The highest BCUT2D eigenvalue weighted by atomic mass is 32.1. The summed E-state index contributed by atoms with van der Waals surface area (Å²) in [6.45, 7) is -0.457. The highest BCUT2D eigenvalue weighted by molar-refractivity contribution is 7.71. The van der Waals surface area contributed by atoms with Gasteiger partial charge in [-0.3, -0.25) is 9.67 Å². The Morgan fingerprint density at radius 1 is 1.38 bits per heavy atom. The van der Waals surface area contributed by atoms with E-state index in [1.807, 2.05) is 0 Å². The summed E-state index contributed by atoms with van der Waals surface area (Å²) in [7, 11) is 0. The lowest BCUT2D eigenvalue weighted by Gasteiger charge is -2.04. The van der Waals surface area contributed by atoms with E-state index in [1.54, 1.807) is 0 Å². The van der Waals surface area contributed by atoms with Crippen LogP contribution in [0.25, 0.3) is 0 Å². The molecule has 0 aliphatic carbocycles. The molecule has 2 N–H and O–H groups in total. The van der Waals surface area contributed by atoms with Crippen LogP contribution in [-0.2, 0) is 6.54 Å². The minimum atomic E-state index is -4.28. The topological polar surface area (TPSA) is 53.6 Å². The van der Waals surface area contributed by atoms with Crippen molar-refractivity contribution in [3.05, 3.63) is 15.3 Å². The summed E-state index contributed by atoms with van der Waals surface area (Å²) in [5.74, 6) is 0. The molecule has 1 heterocycles. The molecule has 1 rings (SSSR count). The molecule has 0 saturated carbocycles. The molecule has 0 aliphatic rings. The van der Waals surface area contributed by atoms with E-state index in [4.69, 9.17) is 0 Å². The van der Waals surface area contributed by atoms with E-state index in [1.165, 1.54) is 0 Å². The first-order valence-electron chi connectivity index (χ1n) is 3.34. The molecule has 13 heavy (non-hydrogen) atoms. The van der Waals surface area contributed by atoms with E-state index in [9.17, 15) is 18.0 Å². The summed E-state index contributed by atoms with van der Waals surface area (Å²) in [4.78, 5) is 10.8. The summed E-state index contributed by atoms with van der Waals surface area (Å²) < 4.78 is 36.0. The third-order valence-electron chi connectivity index (χ3n) is 1.39. The zero-order chi connectivity index (χ0) is 10.1. The molecule has 4 nitrogen and oxygen atoms in total. The quantitative estimate of drug-likeness (QED) is 0.725. The Morgan fingerprint density at radius 2 is 2.00 bits per heavy atom. The van der Waals surface area contributed by atoms with Crippen molar-refractivity contribution < 1.29 is 13.2 Å². The van der Waals surface area contributed by atoms with Crippen molar-refractivity contribution in [3.63, 3.8) is 0 Å². The van der Waals surface area contributed by atoms with Gasteiger partial charge in [0.25, 0.3) is 0 Å². The molecule has 0 radical (unpaired) electrons. The lowest BCUT2D eigenvalue weighted by Crippen LogP contribution is -2.21. The molecular weight excluding hydrogens is 207 g/mol. The molecule has 0 spiro atoms. The van der Waals surface area contributed by atoms with Gasteiger partial charge in [0.15, 0.2) is 4.77 Å². The van der Waals surface area contributed by atoms with Gasteiger partial charge in [-0.1, -0.05) is 0 Å². The van der Waals surface area contributed by atoms with Gasteiger partial charge in [-0.05, 0) is 12.2 Å².